The molecule has 0 aliphatic heterocycles. The topological polar surface area (TPSA) is 87.1 Å². The number of aromatic nitrogens is 4. The van der Waals surface area contributed by atoms with Gasteiger partial charge in [0, 0.05) is 30.4 Å². The van der Waals surface area contributed by atoms with Gasteiger partial charge in [0.1, 0.15) is 23.0 Å². The zero-order valence-corrected chi connectivity index (χ0v) is 15.6. The summed E-state index contributed by atoms with van der Waals surface area (Å²) >= 11 is 1.51. The molecular weight excluding hydrogens is 352 g/mol. The molecule has 3 rings (SSSR count). The van der Waals surface area contributed by atoms with Crippen LogP contribution in [0, 0.1) is 0 Å². The quantitative estimate of drug-likeness (QED) is 0.633. The number of pyridine rings is 2. The fourth-order valence-electron chi connectivity index (χ4n) is 1.65. The molecule has 0 unspecified atom stereocenters. The average Bonchev–Trinajstić information content (AvgIpc) is 3.10. The molecule has 3 aromatic rings. The summed E-state index contributed by atoms with van der Waals surface area (Å²) in [5, 5.41) is 9.97. The second-order valence-electron chi connectivity index (χ2n) is 6.03. The number of nitrogens with zero attached hydrogens (tertiary/aromatic N) is 4. The van der Waals surface area contributed by atoms with Crippen LogP contribution in [0.1, 0.15) is 25.8 Å². The third kappa shape index (κ3) is 6.94. The molecule has 0 fully saturated rings. The van der Waals surface area contributed by atoms with Crippen LogP contribution in [0.5, 0.6) is 5.75 Å². The highest BCUT2D eigenvalue weighted by Gasteiger charge is 2.08. The van der Waals surface area contributed by atoms with Crippen LogP contribution in [0.4, 0.5) is 0 Å². The van der Waals surface area contributed by atoms with Crippen LogP contribution in [-0.2, 0) is 16.1 Å². The van der Waals surface area contributed by atoms with Gasteiger partial charge in [0.25, 0.3) is 6.47 Å². The Morgan fingerprint density at radius 1 is 1.00 bits per heavy atom. The zero-order chi connectivity index (χ0) is 18.8. The third-order valence-corrected chi connectivity index (χ3v) is 3.75. The molecule has 0 spiro atoms. The highest BCUT2D eigenvalue weighted by atomic mass is 32.1. The molecule has 0 saturated heterocycles. The summed E-state index contributed by atoms with van der Waals surface area (Å²) in [5.41, 5.74) is 0.699. The molecule has 0 bridgehead atoms. The van der Waals surface area contributed by atoms with Crippen molar-refractivity contribution in [3.8, 4) is 16.3 Å². The molecule has 0 aliphatic rings. The van der Waals surface area contributed by atoms with E-state index in [1.165, 1.54) is 11.3 Å². The van der Waals surface area contributed by atoms with Crippen LogP contribution < -0.4 is 4.74 Å². The smallest absolute Gasteiger partial charge is 0.293 e. The van der Waals surface area contributed by atoms with Crippen molar-refractivity contribution in [3.05, 3.63) is 54.1 Å². The molecule has 26 heavy (non-hydrogen) atoms. The van der Waals surface area contributed by atoms with Crippen molar-refractivity contribution >= 4 is 17.8 Å². The van der Waals surface area contributed by atoms with Crippen LogP contribution in [0.25, 0.3) is 10.6 Å². The molecule has 7 nitrogen and oxygen atoms in total. The Labute approximate surface area is 156 Å². The van der Waals surface area contributed by atoms with Crippen molar-refractivity contribution in [3.63, 3.8) is 0 Å². The number of hydrogen-bond acceptors (Lipinski definition) is 8. The highest BCUT2D eigenvalue weighted by Crippen LogP contribution is 2.23. The van der Waals surface area contributed by atoms with Gasteiger partial charge in [-0.25, -0.2) is 0 Å². The van der Waals surface area contributed by atoms with E-state index in [0.717, 1.165) is 21.3 Å². The molecule has 0 amide bonds. The Balaban J connectivity index is 0.000000298. The Morgan fingerprint density at radius 3 is 2.15 bits per heavy atom. The Hall–Kier alpha value is -2.87. The molecule has 0 aliphatic carbocycles. The Kier molecular flexibility index (Phi) is 7.16. The third-order valence-electron chi connectivity index (χ3n) is 2.81. The summed E-state index contributed by atoms with van der Waals surface area (Å²) in [6.45, 7) is 6.33. The lowest BCUT2D eigenvalue weighted by molar-refractivity contribution is -0.138. The summed E-state index contributed by atoms with van der Waals surface area (Å²) in [6.07, 6.45) is 6.86. The number of carbonyl (C=O) groups excluding carboxylic acids is 1. The van der Waals surface area contributed by atoms with Crippen molar-refractivity contribution in [2.24, 2.45) is 0 Å². The van der Waals surface area contributed by atoms with Crippen LogP contribution >= 0.6 is 11.3 Å². The first-order valence-corrected chi connectivity index (χ1v) is 8.66. The standard InChI is InChI=1S/C13H10N4OS.C5H10O2/c1-5-14-6-2-10(1)13-17-16-12(19-13)9-18-11-3-7-15-8-4-11;1-5(2,3)7-4-6/h1-8H,9H2;4H,1-3H3. The van der Waals surface area contributed by atoms with E-state index >= 15 is 0 Å². The minimum atomic E-state index is -0.318. The zero-order valence-electron chi connectivity index (χ0n) is 14.8. The first-order chi connectivity index (χ1) is 12.5. The van der Waals surface area contributed by atoms with E-state index in [9.17, 15) is 4.79 Å². The molecule has 3 aromatic heterocycles. The van der Waals surface area contributed by atoms with Gasteiger partial charge in [-0.1, -0.05) is 11.3 Å². The highest BCUT2D eigenvalue weighted by molar-refractivity contribution is 7.14. The van der Waals surface area contributed by atoms with E-state index in [0.29, 0.717) is 13.1 Å². The Bertz CT molecular complexity index is 789. The summed E-state index contributed by atoms with van der Waals surface area (Å²) in [6, 6.07) is 7.44. The van der Waals surface area contributed by atoms with Crippen LogP contribution in [0.15, 0.2) is 49.1 Å². The lowest BCUT2D eigenvalue weighted by atomic mass is 10.2. The summed E-state index contributed by atoms with van der Waals surface area (Å²) in [5.74, 6) is 0.774. The van der Waals surface area contributed by atoms with Gasteiger partial charge in [-0.05, 0) is 45.0 Å². The van der Waals surface area contributed by atoms with E-state index in [4.69, 9.17) is 4.74 Å². The van der Waals surface area contributed by atoms with Gasteiger partial charge < -0.3 is 9.47 Å². The molecular formula is C18H20N4O3S. The van der Waals surface area contributed by atoms with Gasteiger partial charge in [0.15, 0.2) is 5.01 Å². The Morgan fingerprint density at radius 2 is 1.62 bits per heavy atom. The van der Waals surface area contributed by atoms with Crippen LogP contribution in [0.2, 0.25) is 0 Å². The van der Waals surface area contributed by atoms with Crippen molar-refractivity contribution in [1.82, 2.24) is 20.2 Å². The first kappa shape index (κ1) is 19.5. The van der Waals surface area contributed by atoms with Gasteiger partial charge in [-0.2, -0.15) is 0 Å². The molecule has 0 aromatic carbocycles. The molecule has 0 radical (unpaired) electrons. The van der Waals surface area contributed by atoms with Crippen molar-refractivity contribution in [2.75, 3.05) is 0 Å². The summed E-state index contributed by atoms with van der Waals surface area (Å²) in [4.78, 5) is 17.5. The van der Waals surface area contributed by atoms with Gasteiger partial charge in [0.2, 0.25) is 0 Å². The lowest BCUT2D eigenvalue weighted by Crippen LogP contribution is -2.17. The second kappa shape index (κ2) is 9.57. The monoisotopic (exact) mass is 372 g/mol. The SMILES string of the molecule is CC(C)(C)OC=O.c1cc(OCc2nnc(-c3ccncc3)s2)ccn1. The van der Waals surface area contributed by atoms with E-state index in [2.05, 4.69) is 24.9 Å². The van der Waals surface area contributed by atoms with E-state index in [1.54, 1.807) is 24.8 Å². The van der Waals surface area contributed by atoms with Crippen LogP contribution in [-0.4, -0.2) is 32.2 Å². The minimum absolute atomic E-state index is 0.318. The van der Waals surface area contributed by atoms with Crippen molar-refractivity contribution in [2.45, 2.75) is 33.0 Å². The molecule has 3 heterocycles. The number of hydrogen-bond donors (Lipinski definition) is 0. The van der Waals surface area contributed by atoms with Gasteiger partial charge in [-0.3, -0.25) is 14.8 Å². The van der Waals surface area contributed by atoms with E-state index < -0.39 is 0 Å². The summed E-state index contributed by atoms with van der Waals surface area (Å²) in [7, 11) is 0. The van der Waals surface area contributed by atoms with Gasteiger partial charge in [-0.15, -0.1) is 10.2 Å². The number of rotatable bonds is 5. The fraction of sp³-hybridized carbons (Fsp3) is 0.278. The fourth-order valence-corrected chi connectivity index (χ4v) is 2.41. The van der Waals surface area contributed by atoms with Gasteiger partial charge >= 0.3 is 0 Å². The predicted octanol–water partition coefficient (Wildman–Crippen LogP) is 3.53. The van der Waals surface area contributed by atoms with Crippen molar-refractivity contribution in [1.29, 1.82) is 0 Å². The van der Waals surface area contributed by atoms with Crippen LogP contribution in [0.3, 0.4) is 0 Å². The maximum Gasteiger partial charge on any atom is 0.293 e. The average molecular weight is 372 g/mol. The maximum absolute atomic E-state index is 9.60. The van der Waals surface area contributed by atoms with Crippen molar-refractivity contribution < 1.29 is 14.3 Å². The summed E-state index contributed by atoms with van der Waals surface area (Å²) < 4.78 is 10.1. The first-order valence-electron chi connectivity index (χ1n) is 7.85. The molecule has 0 atom stereocenters. The largest absolute Gasteiger partial charge is 0.486 e. The second-order valence-corrected chi connectivity index (χ2v) is 7.10. The lowest BCUT2D eigenvalue weighted by Gasteiger charge is -2.14. The maximum atomic E-state index is 9.60. The molecule has 0 N–H and O–H groups in total. The molecule has 8 heteroatoms. The number of carbonyl (C=O) groups is 1. The van der Waals surface area contributed by atoms with Gasteiger partial charge in [0.05, 0.1) is 0 Å². The van der Waals surface area contributed by atoms with E-state index in [1.807, 2.05) is 45.0 Å². The molecule has 136 valence electrons. The van der Waals surface area contributed by atoms with E-state index in [-0.39, 0.29) is 5.60 Å². The number of ether oxygens (including phenoxy) is 2. The predicted molar refractivity (Wildman–Crippen MR) is 98.6 cm³/mol. The minimum Gasteiger partial charge on any atom is -0.486 e. The molecule has 0 saturated carbocycles. The normalized spacial score (nSPS) is 10.4.